The number of pyridine rings is 1. The molecular formula is C32H25BrF2N2O3. The number of nitrogens with zero attached hydrogens (tertiary/aromatic N) is 1. The second kappa shape index (κ2) is 9.63. The number of hydrogen-bond acceptors (Lipinski definition) is 3. The molecule has 2 N–H and O–H groups in total. The first-order chi connectivity index (χ1) is 19.1. The number of carboxylic acid groups (broad SMARTS) is 1. The summed E-state index contributed by atoms with van der Waals surface area (Å²) in [4.78, 5) is 31.4. The van der Waals surface area contributed by atoms with E-state index in [1.54, 1.807) is 0 Å². The summed E-state index contributed by atoms with van der Waals surface area (Å²) >= 11 is 3.50. The predicted octanol–water partition coefficient (Wildman–Crippen LogP) is 7.46. The first-order valence-corrected chi connectivity index (χ1v) is 13.8. The van der Waals surface area contributed by atoms with Crippen LogP contribution in [0.5, 0.6) is 0 Å². The second-order valence-corrected chi connectivity index (χ2v) is 11.6. The Bertz CT molecular complexity index is 1710. The maximum absolute atomic E-state index is 15.1. The number of halogens is 3. The second-order valence-electron chi connectivity index (χ2n) is 10.6. The van der Waals surface area contributed by atoms with Gasteiger partial charge in [-0.2, -0.15) is 0 Å². The van der Waals surface area contributed by atoms with Crippen LogP contribution in [0.25, 0.3) is 27.7 Å². The fourth-order valence-electron chi connectivity index (χ4n) is 6.27. The summed E-state index contributed by atoms with van der Waals surface area (Å²) in [6, 6.07) is 18.7. The van der Waals surface area contributed by atoms with E-state index in [2.05, 4.69) is 21.2 Å². The minimum absolute atomic E-state index is 0.178. The fraction of sp³-hybridized carbons (Fsp3) is 0.219. The summed E-state index contributed by atoms with van der Waals surface area (Å²) < 4.78 is 31.0. The molecular weight excluding hydrogens is 578 g/mol. The molecule has 40 heavy (non-hydrogen) atoms. The molecule has 202 valence electrons. The summed E-state index contributed by atoms with van der Waals surface area (Å²) in [5.41, 5.74) is 0.726. The first-order valence-electron chi connectivity index (χ1n) is 13.0. The number of benzene rings is 3. The van der Waals surface area contributed by atoms with Crippen molar-refractivity contribution in [2.24, 2.45) is 5.41 Å². The highest BCUT2D eigenvalue weighted by Gasteiger charge is 2.54. The van der Waals surface area contributed by atoms with Gasteiger partial charge < -0.3 is 10.4 Å². The Balaban J connectivity index is 1.52. The van der Waals surface area contributed by atoms with Crippen LogP contribution in [0.4, 0.5) is 8.78 Å². The third-order valence-electron chi connectivity index (χ3n) is 8.41. The Hall–Kier alpha value is -3.91. The van der Waals surface area contributed by atoms with Crippen LogP contribution in [0, 0.1) is 24.0 Å². The molecule has 0 radical (unpaired) electrons. The molecule has 0 atom stereocenters. The zero-order chi connectivity index (χ0) is 28.2. The van der Waals surface area contributed by atoms with Crippen molar-refractivity contribution < 1.29 is 23.5 Å². The number of amides is 1. The molecule has 0 spiro atoms. The molecule has 0 saturated heterocycles. The number of nitrogens with one attached hydrogen (secondary N) is 1. The van der Waals surface area contributed by atoms with Gasteiger partial charge in [0.15, 0.2) is 0 Å². The standard InChI is InChI=1S/C32H25BrF2N2O3/c1-18-26(21-16-20(33)10-11-25(21)36-28(18)19-6-3-2-4-7-19)29(38)37-32-14-12-31(13-15-32,30(39)40)17-22(32)27-23(34)8-5-9-24(27)35/h2-11,16-17H,12-15H2,1H3,(H,37,38)(H,39,40). The number of aliphatic carboxylic acids is 1. The average Bonchev–Trinajstić information content (AvgIpc) is 2.94. The molecule has 8 heteroatoms. The van der Waals surface area contributed by atoms with Crippen LogP contribution in [-0.4, -0.2) is 27.5 Å². The van der Waals surface area contributed by atoms with Crippen LogP contribution in [0.1, 0.15) is 47.2 Å². The highest BCUT2D eigenvalue weighted by Crippen LogP contribution is 2.55. The van der Waals surface area contributed by atoms with Crippen molar-refractivity contribution >= 4 is 44.3 Å². The largest absolute Gasteiger partial charge is 0.481 e. The molecule has 1 amide bonds. The molecule has 1 heterocycles. The summed E-state index contributed by atoms with van der Waals surface area (Å²) in [6.07, 6.45) is 2.44. The van der Waals surface area contributed by atoms with E-state index in [1.165, 1.54) is 12.1 Å². The summed E-state index contributed by atoms with van der Waals surface area (Å²) in [7, 11) is 0. The fourth-order valence-corrected chi connectivity index (χ4v) is 6.63. The maximum atomic E-state index is 15.1. The van der Waals surface area contributed by atoms with Gasteiger partial charge in [0.05, 0.1) is 33.3 Å². The van der Waals surface area contributed by atoms with Gasteiger partial charge >= 0.3 is 5.97 Å². The van der Waals surface area contributed by atoms with Crippen molar-refractivity contribution in [1.29, 1.82) is 0 Å². The van der Waals surface area contributed by atoms with Gasteiger partial charge in [-0.1, -0.05) is 58.4 Å². The Kier molecular flexibility index (Phi) is 6.33. The van der Waals surface area contributed by atoms with E-state index in [4.69, 9.17) is 4.98 Å². The minimum Gasteiger partial charge on any atom is -0.481 e. The third kappa shape index (κ3) is 4.13. The lowest BCUT2D eigenvalue weighted by Gasteiger charge is -2.51. The molecule has 4 aromatic rings. The van der Waals surface area contributed by atoms with Gasteiger partial charge in [0, 0.05) is 15.4 Å². The molecule has 3 aliphatic carbocycles. The lowest BCUT2D eigenvalue weighted by molar-refractivity contribution is -0.148. The molecule has 3 aromatic carbocycles. The van der Waals surface area contributed by atoms with E-state index in [-0.39, 0.29) is 36.8 Å². The summed E-state index contributed by atoms with van der Waals surface area (Å²) in [5, 5.41) is 13.8. The number of carbonyl (C=O) groups excluding carboxylic acids is 1. The molecule has 1 fully saturated rings. The smallest absolute Gasteiger partial charge is 0.313 e. The Morgan fingerprint density at radius 3 is 2.27 bits per heavy atom. The lowest BCUT2D eigenvalue weighted by Crippen LogP contribution is -2.57. The van der Waals surface area contributed by atoms with Crippen molar-refractivity contribution in [3.05, 3.63) is 106 Å². The van der Waals surface area contributed by atoms with E-state index >= 15 is 8.78 Å². The maximum Gasteiger partial charge on any atom is 0.313 e. The number of rotatable bonds is 5. The van der Waals surface area contributed by atoms with E-state index in [1.807, 2.05) is 55.5 Å². The quantitative estimate of drug-likeness (QED) is 0.248. The number of carboxylic acids is 1. The van der Waals surface area contributed by atoms with Crippen LogP contribution in [0.15, 0.2) is 77.3 Å². The van der Waals surface area contributed by atoms with Crippen molar-refractivity contribution in [2.75, 3.05) is 0 Å². The van der Waals surface area contributed by atoms with Gasteiger partial charge in [0.2, 0.25) is 0 Å². The topological polar surface area (TPSA) is 79.3 Å². The predicted molar refractivity (Wildman–Crippen MR) is 153 cm³/mol. The van der Waals surface area contributed by atoms with E-state index < -0.39 is 34.5 Å². The van der Waals surface area contributed by atoms with Gasteiger partial charge in [0.25, 0.3) is 5.91 Å². The Labute approximate surface area is 238 Å². The van der Waals surface area contributed by atoms with Crippen molar-refractivity contribution in [2.45, 2.75) is 38.1 Å². The van der Waals surface area contributed by atoms with E-state index in [9.17, 15) is 14.7 Å². The Morgan fingerprint density at radius 1 is 0.950 bits per heavy atom. The van der Waals surface area contributed by atoms with Crippen LogP contribution in [-0.2, 0) is 4.79 Å². The SMILES string of the molecule is Cc1c(-c2ccccc2)nc2ccc(Br)cc2c1C(=O)NC12CCC(C(=O)O)(C=C1c1c(F)cccc1F)CC2. The molecule has 0 aliphatic heterocycles. The Morgan fingerprint density at radius 2 is 1.62 bits per heavy atom. The van der Waals surface area contributed by atoms with Crippen LogP contribution in [0.3, 0.4) is 0 Å². The van der Waals surface area contributed by atoms with Crippen LogP contribution < -0.4 is 5.32 Å². The molecule has 3 aliphatic rings. The van der Waals surface area contributed by atoms with Crippen molar-refractivity contribution in [1.82, 2.24) is 10.3 Å². The van der Waals surface area contributed by atoms with Gasteiger partial charge in [-0.25, -0.2) is 13.8 Å². The summed E-state index contributed by atoms with van der Waals surface area (Å²) in [6.45, 7) is 1.84. The molecule has 0 unspecified atom stereocenters. The van der Waals surface area contributed by atoms with Crippen LogP contribution in [0.2, 0.25) is 0 Å². The number of hydrogen-bond donors (Lipinski definition) is 2. The number of carbonyl (C=O) groups is 2. The van der Waals surface area contributed by atoms with E-state index in [0.29, 0.717) is 27.7 Å². The summed E-state index contributed by atoms with van der Waals surface area (Å²) in [5.74, 6) is -3.04. The third-order valence-corrected chi connectivity index (χ3v) is 8.90. The first kappa shape index (κ1) is 26.3. The normalized spacial score (nSPS) is 21.8. The van der Waals surface area contributed by atoms with Gasteiger partial charge in [-0.15, -0.1) is 0 Å². The zero-order valence-electron chi connectivity index (χ0n) is 21.6. The zero-order valence-corrected chi connectivity index (χ0v) is 23.2. The minimum atomic E-state index is -1.23. The molecule has 2 bridgehead atoms. The molecule has 1 saturated carbocycles. The van der Waals surface area contributed by atoms with Crippen LogP contribution >= 0.6 is 15.9 Å². The monoisotopic (exact) mass is 602 g/mol. The molecule has 5 nitrogen and oxygen atoms in total. The highest BCUT2D eigenvalue weighted by atomic mass is 79.9. The highest BCUT2D eigenvalue weighted by molar-refractivity contribution is 9.10. The molecule has 7 rings (SSSR count). The van der Waals surface area contributed by atoms with E-state index in [0.717, 1.165) is 22.2 Å². The van der Waals surface area contributed by atoms with Gasteiger partial charge in [0.1, 0.15) is 11.6 Å². The van der Waals surface area contributed by atoms with Crippen molar-refractivity contribution in [3.63, 3.8) is 0 Å². The van der Waals surface area contributed by atoms with Gasteiger partial charge in [-0.3, -0.25) is 9.59 Å². The van der Waals surface area contributed by atoms with Crippen molar-refractivity contribution in [3.8, 4) is 11.3 Å². The average molecular weight is 603 g/mol. The molecule has 1 aromatic heterocycles. The van der Waals surface area contributed by atoms with Gasteiger partial charge in [-0.05, 0) is 74.1 Å². The lowest BCUT2D eigenvalue weighted by atomic mass is 9.57. The number of fused-ring (bicyclic) bond motifs is 3. The number of aromatic nitrogens is 1.